The van der Waals surface area contributed by atoms with E-state index in [1.54, 1.807) is 18.3 Å². The van der Waals surface area contributed by atoms with Crippen LogP contribution in [0.2, 0.25) is 10.0 Å². The standard InChI is InChI=1S/C35H42Cl2N4O6/c1-21-19-41(20-22(2)46-21)35(40-13-5-6-14-40,47-25-11-9-23(10-12-25)34(44)45)32(42)16-24-15-29(37)31(17-28(24)36)39-33(43)27-18-38-30-8-4-3-7-26(27)30/h3-4,7-8,15,17-18,21-23,25,38H,5-6,9-14,16,19-20H2,1-2H3,(H,39,43)(H,44,45)/t21-,22+,23-,25-,35?. The van der Waals surface area contributed by atoms with E-state index >= 15 is 0 Å². The third-order valence-electron chi connectivity index (χ3n) is 9.67. The van der Waals surface area contributed by atoms with E-state index < -0.39 is 17.7 Å². The molecule has 3 atom stereocenters. The number of ketones is 1. The number of hydrogen-bond acceptors (Lipinski definition) is 7. The monoisotopic (exact) mass is 684 g/mol. The number of carboxylic acid groups (broad SMARTS) is 1. The Balaban J connectivity index is 1.29. The van der Waals surface area contributed by atoms with Gasteiger partial charge in [0.15, 0.2) is 5.78 Å². The smallest absolute Gasteiger partial charge is 0.306 e. The molecular weight excluding hydrogens is 643 g/mol. The van der Waals surface area contributed by atoms with Crippen LogP contribution in [0.1, 0.15) is 68.3 Å². The van der Waals surface area contributed by atoms with Crippen LogP contribution in [0.4, 0.5) is 5.69 Å². The van der Waals surface area contributed by atoms with E-state index in [0.717, 1.165) is 23.7 Å². The highest BCUT2D eigenvalue weighted by Gasteiger charge is 2.54. The molecule has 2 saturated heterocycles. The van der Waals surface area contributed by atoms with Gasteiger partial charge in [0.25, 0.3) is 5.91 Å². The number of aliphatic carboxylic acids is 1. The Morgan fingerprint density at radius 1 is 1.00 bits per heavy atom. The molecule has 2 aromatic carbocycles. The molecule has 3 N–H and O–H groups in total. The summed E-state index contributed by atoms with van der Waals surface area (Å²) in [7, 11) is 0. The van der Waals surface area contributed by atoms with Crippen LogP contribution in [-0.2, 0) is 25.5 Å². The summed E-state index contributed by atoms with van der Waals surface area (Å²) in [5.74, 6) is -3.05. The van der Waals surface area contributed by atoms with Crippen molar-refractivity contribution in [3.05, 3.63) is 63.8 Å². The van der Waals surface area contributed by atoms with E-state index in [4.69, 9.17) is 32.7 Å². The van der Waals surface area contributed by atoms with Crippen LogP contribution in [-0.4, -0.2) is 87.9 Å². The number of benzene rings is 2. The average Bonchev–Trinajstić information content (AvgIpc) is 3.73. The van der Waals surface area contributed by atoms with E-state index in [1.807, 2.05) is 38.1 Å². The number of amides is 1. The van der Waals surface area contributed by atoms with Crippen molar-refractivity contribution < 1.29 is 29.0 Å². The Hall–Kier alpha value is -2.99. The maximum absolute atomic E-state index is 14.9. The fourth-order valence-electron chi connectivity index (χ4n) is 7.43. The molecule has 12 heteroatoms. The Bertz CT molecular complexity index is 1620. The number of nitrogens with zero attached hydrogens (tertiary/aromatic N) is 2. The quantitative estimate of drug-likeness (QED) is 0.226. The summed E-state index contributed by atoms with van der Waals surface area (Å²) < 4.78 is 13.1. The lowest BCUT2D eigenvalue weighted by molar-refractivity contribution is -0.274. The number of carbonyl (C=O) groups is 3. The van der Waals surface area contributed by atoms with E-state index in [9.17, 15) is 19.5 Å². The summed E-state index contributed by atoms with van der Waals surface area (Å²) in [5.41, 5.74) is 2.20. The summed E-state index contributed by atoms with van der Waals surface area (Å²) in [6.07, 6.45) is 5.13. The second-order valence-electron chi connectivity index (χ2n) is 13.1. The largest absolute Gasteiger partial charge is 0.481 e. The molecule has 47 heavy (non-hydrogen) atoms. The minimum absolute atomic E-state index is 0.0453. The molecule has 1 saturated carbocycles. The number of morpholine rings is 1. The molecule has 0 radical (unpaired) electrons. The number of ether oxygens (including phenoxy) is 2. The molecule has 1 unspecified atom stereocenters. The Morgan fingerprint density at radius 3 is 2.36 bits per heavy atom. The van der Waals surface area contributed by atoms with Crippen LogP contribution in [0.25, 0.3) is 10.9 Å². The normalized spacial score (nSPS) is 25.4. The number of anilines is 1. The third kappa shape index (κ3) is 7.09. The Kier molecular flexibility index (Phi) is 10.3. The lowest BCUT2D eigenvalue weighted by Gasteiger charge is -2.52. The molecule has 2 aliphatic heterocycles. The van der Waals surface area contributed by atoms with Gasteiger partial charge in [-0.15, -0.1) is 0 Å². The van der Waals surface area contributed by atoms with Crippen molar-refractivity contribution in [1.29, 1.82) is 0 Å². The minimum Gasteiger partial charge on any atom is -0.481 e. The number of rotatable bonds is 10. The van der Waals surface area contributed by atoms with E-state index in [2.05, 4.69) is 20.1 Å². The van der Waals surface area contributed by atoms with Crippen LogP contribution in [0.15, 0.2) is 42.6 Å². The highest BCUT2D eigenvalue weighted by Crippen LogP contribution is 2.38. The number of nitrogens with one attached hydrogen (secondary N) is 2. The number of hydrogen-bond donors (Lipinski definition) is 3. The van der Waals surface area contributed by atoms with Gasteiger partial charge in [-0.05, 0) is 76.1 Å². The third-order valence-corrected chi connectivity index (χ3v) is 10.3. The van der Waals surface area contributed by atoms with E-state index in [0.29, 0.717) is 73.7 Å². The van der Waals surface area contributed by atoms with Crippen molar-refractivity contribution in [2.75, 3.05) is 31.5 Å². The van der Waals surface area contributed by atoms with Crippen LogP contribution >= 0.6 is 23.2 Å². The van der Waals surface area contributed by atoms with Gasteiger partial charge in [-0.25, -0.2) is 0 Å². The zero-order valence-electron chi connectivity index (χ0n) is 26.8. The summed E-state index contributed by atoms with van der Waals surface area (Å²) in [6.45, 7) is 6.40. The number of aromatic nitrogens is 1. The van der Waals surface area contributed by atoms with Crippen molar-refractivity contribution in [1.82, 2.24) is 14.8 Å². The molecule has 6 rings (SSSR count). The van der Waals surface area contributed by atoms with Crippen molar-refractivity contribution in [2.24, 2.45) is 5.92 Å². The second kappa shape index (κ2) is 14.2. The number of likely N-dealkylation sites (tertiary alicyclic amines) is 1. The number of aromatic amines is 1. The zero-order chi connectivity index (χ0) is 33.3. The molecule has 3 fully saturated rings. The van der Waals surface area contributed by atoms with Gasteiger partial charge in [0.05, 0.1) is 40.5 Å². The van der Waals surface area contributed by atoms with Gasteiger partial charge in [0.2, 0.25) is 5.85 Å². The Labute approximate surface area is 284 Å². The number of H-pyrrole nitrogens is 1. The van der Waals surface area contributed by atoms with Crippen LogP contribution < -0.4 is 5.32 Å². The number of halogens is 2. The van der Waals surface area contributed by atoms with Gasteiger partial charge < -0.3 is 24.9 Å². The van der Waals surface area contributed by atoms with Gasteiger partial charge in [-0.3, -0.25) is 24.2 Å². The molecular formula is C35H42Cl2N4O6. The lowest BCUT2D eigenvalue weighted by atomic mass is 9.87. The predicted octanol–water partition coefficient (Wildman–Crippen LogP) is 6.36. The van der Waals surface area contributed by atoms with Crippen molar-refractivity contribution in [3.8, 4) is 0 Å². The molecule has 0 spiro atoms. The number of carbonyl (C=O) groups excluding carboxylic acids is 2. The highest BCUT2D eigenvalue weighted by molar-refractivity contribution is 6.36. The van der Waals surface area contributed by atoms with E-state index in [1.165, 1.54) is 0 Å². The molecule has 1 aliphatic carbocycles. The summed E-state index contributed by atoms with van der Waals surface area (Å²) in [6, 6.07) is 10.8. The van der Waals surface area contributed by atoms with Crippen LogP contribution in [0, 0.1) is 5.92 Å². The second-order valence-corrected chi connectivity index (χ2v) is 13.9. The topological polar surface area (TPSA) is 124 Å². The molecule has 1 amide bonds. The zero-order valence-corrected chi connectivity index (χ0v) is 28.3. The molecule has 3 aromatic rings. The summed E-state index contributed by atoms with van der Waals surface area (Å²) in [4.78, 5) is 47.1. The van der Waals surface area contributed by atoms with Gasteiger partial charge in [-0.2, -0.15) is 0 Å². The van der Waals surface area contributed by atoms with Crippen molar-refractivity contribution >= 4 is 57.5 Å². The lowest BCUT2D eigenvalue weighted by Crippen LogP contribution is -2.71. The molecule has 1 aromatic heterocycles. The highest BCUT2D eigenvalue weighted by atomic mass is 35.5. The molecule has 10 nitrogen and oxygen atoms in total. The average molecular weight is 686 g/mol. The number of Topliss-reactive ketones (excluding diaryl/α,β-unsaturated/α-hetero) is 1. The molecule has 3 heterocycles. The predicted molar refractivity (Wildman–Crippen MR) is 181 cm³/mol. The van der Waals surface area contributed by atoms with Crippen LogP contribution in [0.5, 0.6) is 0 Å². The number of fused-ring (bicyclic) bond motifs is 1. The van der Waals surface area contributed by atoms with Gasteiger partial charge in [-0.1, -0.05) is 41.4 Å². The van der Waals surface area contributed by atoms with E-state index in [-0.39, 0.29) is 41.4 Å². The van der Waals surface area contributed by atoms with Gasteiger partial charge in [0, 0.05) is 54.7 Å². The number of carboxylic acids is 1. The fourth-order valence-corrected chi connectivity index (χ4v) is 7.89. The Morgan fingerprint density at radius 2 is 1.68 bits per heavy atom. The molecule has 252 valence electrons. The van der Waals surface area contributed by atoms with Crippen molar-refractivity contribution in [3.63, 3.8) is 0 Å². The SMILES string of the molecule is C[C@@H]1CN(C(O[C@H]2CC[C@H](C(=O)O)CC2)(C(=O)Cc2cc(Cl)c(NC(=O)c3c[nH]c4ccccc34)cc2Cl)N2CCCC2)C[C@H](C)O1. The summed E-state index contributed by atoms with van der Waals surface area (Å²) >= 11 is 13.5. The molecule has 3 aliphatic rings. The van der Waals surface area contributed by atoms with Crippen LogP contribution in [0.3, 0.4) is 0 Å². The number of para-hydroxylation sites is 1. The fraction of sp³-hybridized carbons (Fsp3) is 0.514. The first-order valence-corrected chi connectivity index (χ1v) is 17.3. The first kappa shape index (κ1) is 33.9. The maximum atomic E-state index is 14.9. The first-order valence-electron chi connectivity index (χ1n) is 16.5. The minimum atomic E-state index is -1.37. The van der Waals surface area contributed by atoms with Gasteiger partial charge >= 0.3 is 5.97 Å². The van der Waals surface area contributed by atoms with Gasteiger partial charge in [0.1, 0.15) is 0 Å². The molecule has 0 bridgehead atoms. The maximum Gasteiger partial charge on any atom is 0.306 e. The summed E-state index contributed by atoms with van der Waals surface area (Å²) in [5, 5.41) is 13.8. The van der Waals surface area contributed by atoms with Crippen molar-refractivity contribution in [2.45, 2.75) is 83.0 Å². The first-order chi connectivity index (χ1) is 22.5.